The highest BCUT2D eigenvalue weighted by atomic mass is 16.6. The van der Waals surface area contributed by atoms with E-state index in [2.05, 4.69) is 4.98 Å². The molecule has 0 saturated carbocycles. The van der Waals surface area contributed by atoms with Crippen LogP contribution in [-0.2, 0) is 4.74 Å². The molecular formula is C10H12N2O5. The van der Waals surface area contributed by atoms with Crippen molar-refractivity contribution in [1.82, 2.24) is 9.55 Å². The van der Waals surface area contributed by atoms with Gasteiger partial charge in [-0.1, -0.05) is 0 Å². The van der Waals surface area contributed by atoms with Crippen LogP contribution in [0.4, 0.5) is 0 Å². The molecule has 0 radical (unpaired) electrons. The van der Waals surface area contributed by atoms with Crippen molar-refractivity contribution in [3.05, 3.63) is 22.1 Å². The second-order valence-electron chi connectivity index (χ2n) is 4.21. The Morgan fingerprint density at radius 3 is 3.06 bits per heavy atom. The first-order valence-electron chi connectivity index (χ1n) is 5.33. The van der Waals surface area contributed by atoms with Gasteiger partial charge < -0.3 is 19.7 Å². The fraction of sp³-hybridized carbons (Fsp3) is 0.600. The number of hydrogen-bond acceptors (Lipinski definition) is 6. The van der Waals surface area contributed by atoms with Crippen LogP contribution in [0.15, 0.2) is 10.9 Å². The van der Waals surface area contributed by atoms with Gasteiger partial charge in [-0.3, -0.25) is 9.36 Å². The molecule has 1 fully saturated rings. The summed E-state index contributed by atoms with van der Waals surface area (Å²) >= 11 is 0. The number of nitrogens with zero attached hydrogens (tertiary/aromatic N) is 2. The van der Waals surface area contributed by atoms with E-state index >= 15 is 0 Å². The molecule has 7 heteroatoms. The Labute approximate surface area is 96.2 Å². The van der Waals surface area contributed by atoms with Gasteiger partial charge in [-0.05, 0) is 6.92 Å². The molecular weight excluding hydrogens is 228 g/mol. The SMILES string of the molecule is Cc1cc(=O)nc2n1[C@@H]1O[C@H](CO)[C@@H](O)[C@@H]1O2. The van der Waals surface area contributed by atoms with Gasteiger partial charge in [-0.15, -0.1) is 0 Å². The Morgan fingerprint density at radius 2 is 2.35 bits per heavy atom. The highest BCUT2D eigenvalue weighted by Crippen LogP contribution is 2.39. The zero-order valence-corrected chi connectivity index (χ0v) is 9.11. The molecule has 3 rings (SSSR count). The van der Waals surface area contributed by atoms with Crippen LogP contribution in [0.2, 0.25) is 0 Å². The molecule has 1 aromatic rings. The predicted octanol–water partition coefficient (Wildman–Crippen LogP) is -1.44. The summed E-state index contributed by atoms with van der Waals surface area (Å²) in [5.41, 5.74) is 0.264. The maximum atomic E-state index is 11.2. The summed E-state index contributed by atoms with van der Waals surface area (Å²) in [4.78, 5) is 14.9. The fourth-order valence-corrected chi connectivity index (χ4v) is 2.30. The van der Waals surface area contributed by atoms with E-state index in [9.17, 15) is 9.90 Å². The lowest BCUT2D eigenvalue weighted by molar-refractivity contribution is -0.0440. The molecule has 2 N–H and O–H groups in total. The Kier molecular flexibility index (Phi) is 2.22. The second kappa shape index (κ2) is 3.52. The number of rotatable bonds is 1. The van der Waals surface area contributed by atoms with Gasteiger partial charge in [-0.25, -0.2) is 0 Å². The van der Waals surface area contributed by atoms with E-state index < -0.39 is 24.5 Å². The highest BCUT2D eigenvalue weighted by molar-refractivity contribution is 5.16. The van der Waals surface area contributed by atoms with E-state index in [-0.39, 0.29) is 18.2 Å². The third-order valence-electron chi connectivity index (χ3n) is 3.11. The molecule has 17 heavy (non-hydrogen) atoms. The average molecular weight is 240 g/mol. The summed E-state index contributed by atoms with van der Waals surface area (Å²) in [6, 6.07) is 1.53. The van der Waals surface area contributed by atoms with Crippen LogP contribution in [0, 0.1) is 6.92 Å². The van der Waals surface area contributed by atoms with Gasteiger partial charge in [0.05, 0.1) is 6.61 Å². The van der Waals surface area contributed by atoms with Crippen LogP contribution in [0.5, 0.6) is 6.01 Å². The minimum absolute atomic E-state index is 0.153. The van der Waals surface area contributed by atoms with Gasteiger partial charge in [0.25, 0.3) is 5.56 Å². The van der Waals surface area contributed by atoms with Crippen LogP contribution in [0.3, 0.4) is 0 Å². The first kappa shape index (κ1) is 10.7. The van der Waals surface area contributed by atoms with Crippen molar-refractivity contribution >= 4 is 0 Å². The minimum atomic E-state index is -0.929. The van der Waals surface area contributed by atoms with E-state index in [1.165, 1.54) is 6.07 Å². The van der Waals surface area contributed by atoms with Crippen LogP contribution in [0.1, 0.15) is 11.9 Å². The lowest BCUT2D eigenvalue weighted by Gasteiger charge is -2.15. The molecule has 0 aliphatic carbocycles. The molecule has 3 heterocycles. The van der Waals surface area contributed by atoms with Crippen molar-refractivity contribution in [1.29, 1.82) is 0 Å². The molecule has 0 spiro atoms. The second-order valence-corrected chi connectivity index (χ2v) is 4.21. The lowest BCUT2D eigenvalue weighted by Crippen LogP contribution is -2.34. The average Bonchev–Trinajstić information content (AvgIpc) is 2.75. The van der Waals surface area contributed by atoms with E-state index in [1.807, 2.05) is 0 Å². The number of hydrogen-bond donors (Lipinski definition) is 2. The first-order valence-corrected chi connectivity index (χ1v) is 5.33. The molecule has 1 saturated heterocycles. The fourth-order valence-electron chi connectivity index (χ4n) is 2.30. The number of ether oxygens (including phenoxy) is 2. The zero-order valence-electron chi connectivity index (χ0n) is 9.11. The number of aryl methyl sites for hydroxylation is 1. The minimum Gasteiger partial charge on any atom is -0.453 e. The third-order valence-corrected chi connectivity index (χ3v) is 3.11. The Bertz CT molecular complexity index is 514. The maximum absolute atomic E-state index is 11.2. The number of aliphatic hydroxyl groups is 2. The quantitative estimate of drug-likeness (QED) is 0.624. The van der Waals surface area contributed by atoms with Crippen LogP contribution < -0.4 is 10.3 Å². The predicted molar refractivity (Wildman–Crippen MR) is 54.7 cm³/mol. The monoisotopic (exact) mass is 240 g/mol. The molecule has 2 aliphatic rings. The van der Waals surface area contributed by atoms with Crippen LogP contribution in [-0.4, -0.2) is 44.7 Å². The van der Waals surface area contributed by atoms with Crippen molar-refractivity contribution in [3.8, 4) is 6.01 Å². The Hall–Kier alpha value is -1.44. The standard InChI is InChI=1S/C10H12N2O5/c1-4-2-6(14)11-10-12(4)9-8(17-10)7(15)5(3-13)16-9/h2,5,7-9,13,15H,3H2,1H3/t5-,7-,8+,9-/m1/s1. The number of fused-ring (bicyclic) bond motifs is 3. The Balaban J connectivity index is 2.05. The molecule has 2 aliphatic heterocycles. The normalized spacial score (nSPS) is 34.3. The van der Waals surface area contributed by atoms with Crippen molar-refractivity contribution in [2.45, 2.75) is 31.5 Å². The van der Waals surface area contributed by atoms with Crippen LogP contribution >= 0.6 is 0 Å². The summed E-state index contributed by atoms with van der Waals surface area (Å²) in [6.07, 6.45) is -2.76. The zero-order chi connectivity index (χ0) is 12.2. The van der Waals surface area contributed by atoms with Gasteiger partial charge in [-0.2, -0.15) is 4.98 Å². The molecule has 7 nitrogen and oxygen atoms in total. The van der Waals surface area contributed by atoms with Gasteiger partial charge in [0.15, 0.2) is 12.3 Å². The van der Waals surface area contributed by atoms with E-state index in [0.717, 1.165) is 0 Å². The van der Waals surface area contributed by atoms with Crippen molar-refractivity contribution in [3.63, 3.8) is 0 Å². The van der Waals surface area contributed by atoms with Crippen LogP contribution in [0.25, 0.3) is 0 Å². The van der Waals surface area contributed by atoms with E-state index in [4.69, 9.17) is 14.6 Å². The van der Waals surface area contributed by atoms with Gasteiger partial charge in [0.2, 0.25) is 0 Å². The summed E-state index contributed by atoms with van der Waals surface area (Å²) in [5, 5.41) is 18.9. The molecule has 0 amide bonds. The highest BCUT2D eigenvalue weighted by Gasteiger charge is 2.51. The lowest BCUT2D eigenvalue weighted by atomic mass is 10.1. The van der Waals surface area contributed by atoms with Crippen molar-refractivity contribution in [2.75, 3.05) is 6.61 Å². The molecule has 0 unspecified atom stereocenters. The summed E-state index contributed by atoms with van der Waals surface area (Å²) < 4.78 is 12.5. The van der Waals surface area contributed by atoms with E-state index in [1.54, 1.807) is 11.5 Å². The van der Waals surface area contributed by atoms with Crippen molar-refractivity contribution < 1.29 is 19.7 Å². The smallest absolute Gasteiger partial charge is 0.302 e. The molecule has 0 aromatic carbocycles. The molecule has 0 bridgehead atoms. The summed E-state index contributed by atoms with van der Waals surface area (Å²) in [6.45, 7) is 1.46. The Morgan fingerprint density at radius 1 is 1.59 bits per heavy atom. The molecule has 4 atom stereocenters. The van der Waals surface area contributed by atoms with Crippen molar-refractivity contribution in [2.24, 2.45) is 0 Å². The largest absolute Gasteiger partial charge is 0.453 e. The maximum Gasteiger partial charge on any atom is 0.302 e. The first-order chi connectivity index (χ1) is 8.11. The summed E-state index contributed by atoms with van der Waals surface area (Å²) in [7, 11) is 0. The van der Waals surface area contributed by atoms with Gasteiger partial charge >= 0.3 is 6.01 Å². The van der Waals surface area contributed by atoms with Gasteiger partial charge in [0.1, 0.15) is 12.2 Å². The number of aromatic nitrogens is 2. The summed E-state index contributed by atoms with van der Waals surface area (Å²) in [5.74, 6) is 0. The number of aliphatic hydroxyl groups excluding tert-OH is 2. The molecule has 92 valence electrons. The third kappa shape index (κ3) is 1.40. The molecule has 1 aromatic heterocycles. The van der Waals surface area contributed by atoms with E-state index in [0.29, 0.717) is 5.69 Å². The van der Waals surface area contributed by atoms with Gasteiger partial charge in [0, 0.05) is 11.8 Å². The topological polar surface area (TPSA) is 93.8 Å².